The highest BCUT2D eigenvalue weighted by Gasteiger charge is 2.29. The number of hydrogen-bond acceptors (Lipinski definition) is 6. The van der Waals surface area contributed by atoms with Gasteiger partial charge in [0.15, 0.2) is 9.84 Å². The SMILES string of the molecule is CSc1cccc(Nc2c(N)cnc3ccc4c(c23)CCS4(=O)=O)c1. The molecule has 1 aliphatic heterocycles. The Hall–Kier alpha value is -2.25. The lowest BCUT2D eigenvalue weighted by molar-refractivity contribution is 0.600. The quantitative estimate of drug-likeness (QED) is 0.684. The molecule has 0 radical (unpaired) electrons. The molecule has 0 unspecified atom stereocenters. The minimum Gasteiger partial charge on any atom is -0.396 e. The van der Waals surface area contributed by atoms with E-state index in [1.807, 2.05) is 30.5 Å². The van der Waals surface area contributed by atoms with Gasteiger partial charge in [-0.1, -0.05) is 6.07 Å². The number of sulfone groups is 1. The highest BCUT2D eigenvalue weighted by Crippen LogP contribution is 2.39. The monoisotopic (exact) mass is 371 g/mol. The molecule has 3 N–H and O–H groups in total. The summed E-state index contributed by atoms with van der Waals surface area (Å²) in [5.74, 6) is 0.137. The van der Waals surface area contributed by atoms with Crippen LogP contribution < -0.4 is 11.1 Å². The summed E-state index contributed by atoms with van der Waals surface area (Å²) < 4.78 is 24.5. The van der Waals surface area contributed by atoms with Crippen LogP contribution in [-0.2, 0) is 16.3 Å². The van der Waals surface area contributed by atoms with Crippen LogP contribution in [0.1, 0.15) is 5.56 Å². The van der Waals surface area contributed by atoms with Gasteiger partial charge in [0.25, 0.3) is 0 Å². The number of nitrogens with zero attached hydrogens (tertiary/aromatic N) is 1. The van der Waals surface area contributed by atoms with E-state index < -0.39 is 9.84 Å². The van der Waals surface area contributed by atoms with Crippen LogP contribution in [0.15, 0.2) is 52.4 Å². The first-order valence-electron chi connectivity index (χ1n) is 7.83. The molecule has 0 saturated carbocycles. The van der Waals surface area contributed by atoms with Crippen LogP contribution in [-0.4, -0.2) is 25.4 Å². The highest BCUT2D eigenvalue weighted by molar-refractivity contribution is 7.98. The zero-order valence-electron chi connectivity index (χ0n) is 13.6. The molecule has 0 atom stereocenters. The van der Waals surface area contributed by atoms with Gasteiger partial charge in [-0.05, 0) is 48.6 Å². The Bertz CT molecular complexity index is 1090. The van der Waals surface area contributed by atoms with Crippen LogP contribution in [0.5, 0.6) is 0 Å². The second-order valence-corrected chi connectivity index (χ2v) is 8.91. The molecule has 7 heteroatoms. The third kappa shape index (κ3) is 2.73. The maximum atomic E-state index is 12.3. The number of nitrogen functional groups attached to an aromatic ring is 1. The number of rotatable bonds is 3. The minimum atomic E-state index is -3.21. The smallest absolute Gasteiger partial charge is 0.179 e. The molecule has 0 bridgehead atoms. The van der Waals surface area contributed by atoms with Gasteiger partial charge >= 0.3 is 0 Å². The number of fused-ring (bicyclic) bond motifs is 3. The Morgan fingerprint density at radius 3 is 2.88 bits per heavy atom. The first-order valence-corrected chi connectivity index (χ1v) is 10.7. The fraction of sp³-hybridized carbons (Fsp3) is 0.167. The summed E-state index contributed by atoms with van der Waals surface area (Å²) >= 11 is 1.66. The van der Waals surface area contributed by atoms with Crippen LogP contribution in [0.2, 0.25) is 0 Å². The van der Waals surface area contributed by atoms with Gasteiger partial charge in [0.1, 0.15) is 0 Å². The Labute approximate surface area is 150 Å². The molecule has 128 valence electrons. The molecule has 5 nitrogen and oxygen atoms in total. The van der Waals surface area contributed by atoms with Gasteiger partial charge < -0.3 is 11.1 Å². The van der Waals surface area contributed by atoms with Crippen LogP contribution in [0, 0.1) is 0 Å². The predicted molar refractivity (Wildman–Crippen MR) is 103 cm³/mol. The maximum Gasteiger partial charge on any atom is 0.179 e. The van der Waals surface area contributed by atoms with Crippen molar-refractivity contribution in [1.29, 1.82) is 0 Å². The molecule has 0 fully saturated rings. The molecular weight excluding hydrogens is 354 g/mol. The second kappa shape index (κ2) is 5.93. The van der Waals surface area contributed by atoms with E-state index in [9.17, 15) is 8.42 Å². The average molecular weight is 371 g/mol. The van der Waals surface area contributed by atoms with Gasteiger partial charge in [0, 0.05) is 16.0 Å². The molecule has 3 aromatic rings. The molecule has 2 heterocycles. The molecule has 1 aromatic heterocycles. The van der Waals surface area contributed by atoms with Crippen molar-refractivity contribution >= 4 is 49.6 Å². The Kier molecular flexibility index (Phi) is 3.85. The molecule has 2 aromatic carbocycles. The Morgan fingerprint density at radius 2 is 2.08 bits per heavy atom. The third-order valence-corrected chi connectivity index (χ3v) is 6.94. The average Bonchev–Trinajstić information content (AvgIpc) is 2.92. The number of aromatic nitrogens is 1. The van der Waals surface area contributed by atoms with E-state index in [0.717, 1.165) is 32.7 Å². The predicted octanol–water partition coefficient (Wildman–Crippen LogP) is 3.61. The van der Waals surface area contributed by atoms with Crippen molar-refractivity contribution in [2.45, 2.75) is 16.2 Å². The standard InChI is InChI=1S/C18H17N3O2S2/c1-24-12-4-2-3-11(9-12)21-18-14(19)10-20-15-5-6-16-13(17(15)18)7-8-25(16,22)23/h2-6,9-10H,7-8,19H2,1H3,(H,20,21). The van der Waals surface area contributed by atoms with E-state index in [1.54, 1.807) is 30.1 Å². The zero-order chi connectivity index (χ0) is 17.6. The lowest BCUT2D eigenvalue weighted by Crippen LogP contribution is -2.01. The third-order valence-electron chi connectivity index (χ3n) is 4.42. The van der Waals surface area contributed by atoms with Gasteiger partial charge in [0.05, 0.1) is 33.7 Å². The van der Waals surface area contributed by atoms with Crippen LogP contribution in [0.25, 0.3) is 10.9 Å². The number of aryl methyl sites for hydroxylation is 1. The van der Waals surface area contributed by atoms with E-state index in [2.05, 4.69) is 10.3 Å². The zero-order valence-corrected chi connectivity index (χ0v) is 15.2. The van der Waals surface area contributed by atoms with Gasteiger partial charge in [-0.3, -0.25) is 4.98 Å². The Morgan fingerprint density at radius 1 is 1.24 bits per heavy atom. The van der Waals surface area contributed by atoms with Gasteiger partial charge in [-0.2, -0.15) is 0 Å². The normalized spacial score (nSPS) is 15.2. The van der Waals surface area contributed by atoms with Crippen molar-refractivity contribution in [1.82, 2.24) is 4.98 Å². The topological polar surface area (TPSA) is 85.1 Å². The summed E-state index contributed by atoms with van der Waals surface area (Å²) in [7, 11) is -3.21. The number of benzene rings is 2. The number of hydrogen-bond donors (Lipinski definition) is 2. The summed E-state index contributed by atoms with van der Waals surface area (Å²) in [6.07, 6.45) is 4.12. The van der Waals surface area contributed by atoms with Crippen molar-refractivity contribution in [3.63, 3.8) is 0 Å². The van der Waals surface area contributed by atoms with Crippen LogP contribution >= 0.6 is 11.8 Å². The van der Waals surface area contributed by atoms with Gasteiger partial charge in [0.2, 0.25) is 0 Å². The second-order valence-electron chi connectivity index (χ2n) is 5.95. The van der Waals surface area contributed by atoms with E-state index >= 15 is 0 Å². The first-order chi connectivity index (χ1) is 12.0. The number of thioether (sulfide) groups is 1. The molecular formula is C18H17N3O2S2. The lowest BCUT2D eigenvalue weighted by Gasteiger charge is -2.15. The van der Waals surface area contributed by atoms with E-state index in [0.29, 0.717) is 17.0 Å². The highest BCUT2D eigenvalue weighted by atomic mass is 32.2. The number of nitrogens with one attached hydrogen (secondary N) is 1. The summed E-state index contributed by atoms with van der Waals surface area (Å²) in [5.41, 5.74) is 9.86. The maximum absolute atomic E-state index is 12.3. The van der Waals surface area contributed by atoms with Crippen molar-refractivity contribution in [3.05, 3.63) is 48.2 Å². The molecule has 0 amide bonds. The van der Waals surface area contributed by atoms with E-state index in [1.165, 1.54) is 0 Å². The minimum absolute atomic E-state index is 0.137. The number of anilines is 3. The van der Waals surface area contributed by atoms with Gasteiger partial charge in [-0.25, -0.2) is 8.42 Å². The van der Waals surface area contributed by atoms with Gasteiger partial charge in [-0.15, -0.1) is 11.8 Å². The van der Waals surface area contributed by atoms with Crippen LogP contribution in [0.4, 0.5) is 17.1 Å². The number of nitrogens with two attached hydrogens (primary N) is 1. The fourth-order valence-corrected chi connectivity index (χ4v) is 5.22. The molecule has 0 aliphatic carbocycles. The van der Waals surface area contributed by atoms with Crippen LogP contribution in [0.3, 0.4) is 0 Å². The van der Waals surface area contributed by atoms with E-state index in [-0.39, 0.29) is 5.75 Å². The van der Waals surface area contributed by atoms with Crippen molar-refractivity contribution in [3.8, 4) is 0 Å². The molecule has 0 spiro atoms. The lowest BCUT2D eigenvalue weighted by atomic mass is 10.0. The molecule has 25 heavy (non-hydrogen) atoms. The largest absolute Gasteiger partial charge is 0.396 e. The molecule has 1 aliphatic rings. The first kappa shape index (κ1) is 16.2. The summed E-state index contributed by atoms with van der Waals surface area (Å²) in [5, 5.41) is 4.17. The number of pyridine rings is 1. The van der Waals surface area contributed by atoms with Crippen molar-refractivity contribution in [2.75, 3.05) is 23.1 Å². The molecule has 0 saturated heterocycles. The van der Waals surface area contributed by atoms with Crippen molar-refractivity contribution in [2.24, 2.45) is 0 Å². The van der Waals surface area contributed by atoms with E-state index in [4.69, 9.17) is 5.73 Å². The Balaban J connectivity index is 1.94. The summed E-state index contributed by atoms with van der Waals surface area (Å²) in [6.45, 7) is 0. The molecule has 4 rings (SSSR count). The summed E-state index contributed by atoms with van der Waals surface area (Å²) in [6, 6.07) is 11.4. The fourth-order valence-electron chi connectivity index (χ4n) is 3.22. The summed E-state index contributed by atoms with van der Waals surface area (Å²) in [4.78, 5) is 5.91. The van der Waals surface area contributed by atoms with Crippen molar-refractivity contribution < 1.29 is 8.42 Å².